The molecular weight excluding hydrogens is 596 g/mol. The van der Waals surface area contributed by atoms with Crippen molar-refractivity contribution in [3.8, 4) is 11.5 Å². The number of carbonyl (C=O) groups is 3. The van der Waals surface area contributed by atoms with Gasteiger partial charge in [-0.2, -0.15) is 0 Å². The molecule has 0 aromatic heterocycles. The van der Waals surface area contributed by atoms with Crippen molar-refractivity contribution >= 4 is 23.4 Å². The molecule has 10 heteroatoms. The predicted molar refractivity (Wildman–Crippen MR) is 180 cm³/mol. The van der Waals surface area contributed by atoms with Crippen LogP contribution in [0.15, 0.2) is 36.4 Å². The maximum atomic E-state index is 13.9. The van der Waals surface area contributed by atoms with Crippen LogP contribution in [0.5, 0.6) is 11.5 Å². The van der Waals surface area contributed by atoms with Crippen LogP contribution in [0.4, 0.5) is 5.69 Å². The Balaban J connectivity index is 1.11. The van der Waals surface area contributed by atoms with Crippen molar-refractivity contribution in [3.63, 3.8) is 0 Å². The van der Waals surface area contributed by atoms with Gasteiger partial charge in [0.1, 0.15) is 6.17 Å². The highest BCUT2D eigenvalue weighted by Gasteiger charge is 2.49. The van der Waals surface area contributed by atoms with Crippen LogP contribution in [0, 0.1) is 5.92 Å². The summed E-state index contributed by atoms with van der Waals surface area (Å²) in [6.07, 6.45) is 9.32. The fourth-order valence-electron chi connectivity index (χ4n) is 8.34. The van der Waals surface area contributed by atoms with E-state index >= 15 is 0 Å². The SMILES string of the molecule is COCCCN(CC1CCCN2CCCCC12)C(=O)CCCCCN1C(=O)c2ccccc2N2C(=O)c3c(ccc(OC)c3OC)C12. The number of methoxy groups -OCH3 is 3. The van der Waals surface area contributed by atoms with Crippen molar-refractivity contribution in [3.05, 3.63) is 53.1 Å². The number of unbranched alkanes of at least 4 members (excludes halogenated alkanes) is 2. The number of hydrogen-bond donors (Lipinski definition) is 0. The van der Waals surface area contributed by atoms with Crippen LogP contribution in [0.25, 0.3) is 0 Å². The minimum Gasteiger partial charge on any atom is -0.493 e. The normalized spacial score (nSPS) is 22.0. The van der Waals surface area contributed by atoms with Crippen molar-refractivity contribution < 1.29 is 28.6 Å². The topological polar surface area (TPSA) is 91.9 Å². The third kappa shape index (κ3) is 6.59. The number of benzene rings is 2. The highest BCUT2D eigenvalue weighted by atomic mass is 16.5. The van der Waals surface area contributed by atoms with E-state index in [2.05, 4.69) is 9.80 Å². The molecule has 0 N–H and O–H groups in total. The second kappa shape index (κ2) is 15.1. The van der Waals surface area contributed by atoms with Crippen molar-refractivity contribution in [1.29, 1.82) is 0 Å². The van der Waals surface area contributed by atoms with Crippen LogP contribution in [-0.4, -0.2) is 99.1 Å². The summed E-state index contributed by atoms with van der Waals surface area (Å²) in [7, 11) is 4.79. The second-order valence-corrected chi connectivity index (χ2v) is 13.3. The molecule has 4 aliphatic rings. The highest BCUT2D eigenvalue weighted by Crippen LogP contribution is 2.49. The Labute approximate surface area is 278 Å². The lowest BCUT2D eigenvalue weighted by molar-refractivity contribution is -0.133. The molecule has 6 rings (SSSR count). The van der Waals surface area contributed by atoms with E-state index in [1.54, 1.807) is 36.2 Å². The van der Waals surface area contributed by atoms with Gasteiger partial charge in [0.2, 0.25) is 5.91 Å². The zero-order valence-electron chi connectivity index (χ0n) is 28.2. The maximum Gasteiger partial charge on any atom is 0.264 e. The van der Waals surface area contributed by atoms with E-state index in [0.29, 0.717) is 59.8 Å². The quantitative estimate of drug-likeness (QED) is 0.250. The summed E-state index contributed by atoms with van der Waals surface area (Å²) in [6.45, 7) is 5.09. The molecule has 2 saturated heterocycles. The molecule has 0 radical (unpaired) electrons. The standard InChI is InChI=1S/C37H50N4O6/c1-45-24-12-22-39(25-26-13-11-21-38-20-10-8-15-29(26)38)32(42)17-5-4-9-23-40-35-28-18-19-31(46-2)34(47-3)33(28)37(44)41(35)30-16-7-6-14-27(30)36(40)43/h6-7,14,16,18-19,26,29,35H,4-5,8-13,15,17,20-25H2,1-3H3. The van der Waals surface area contributed by atoms with Gasteiger partial charge in [-0.1, -0.05) is 31.0 Å². The summed E-state index contributed by atoms with van der Waals surface area (Å²) in [6, 6.07) is 11.6. The van der Waals surface area contributed by atoms with Crippen LogP contribution >= 0.6 is 0 Å². The first-order chi connectivity index (χ1) is 23.0. The molecule has 0 spiro atoms. The molecule has 0 bridgehead atoms. The van der Waals surface area contributed by atoms with E-state index in [9.17, 15) is 14.4 Å². The number of carbonyl (C=O) groups excluding carboxylic acids is 3. The first-order valence-corrected chi connectivity index (χ1v) is 17.5. The van der Waals surface area contributed by atoms with Gasteiger partial charge in [0.15, 0.2) is 11.5 Å². The van der Waals surface area contributed by atoms with Crippen molar-refractivity contribution in [2.24, 2.45) is 5.92 Å². The molecule has 254 valence electrons. The Morgan fingerprint density at radius 3 is 2.53 bits per heavy atom. The van der Waals surface area contributed by atoms with Gasteiger partial charge in [0.25, 0.3) is 11.8 Å². The molecule has 2 aromatic carbocycles. The summed E-state index contributed by atoms with van der Waals surface area (Å²) >= 11 is 0. The monoisotopic (exact) mass is 646 g/mol. The van der Waals surface area contributed by atoms with E-state index in [4.69, 9.17) is 14.2 Å². The van der Waals surface area contributed by atoms with Gasteiger partial charge in [0, 0.05) is 51.4 Å². The molecule has 4 aliphatic heterocycles. The molecule has 2 aromatic rings. The summed E-state index contributed by atoms with van der Waals surface area (Å²) in [5.41, 5.74) is 2.28. The zero-order valence-corrected chi connectivity index (χ0v) is 28.2. The number of nitrogens with zero attached hydrogens (tertiary/aromatic N) is 4. The summed E-state index contributed by atoms with van der Waals surface area (Å²) in [4.78, 5) is 49.7. The molecule has 10 nitrogen and oxygen atoms in total. The highest BCUT2D eigenvalue weighted by molar-refractivity contribution is 6.18. The van der Waals surface area contributed by atoms with E-state index in [1.165, 1.54) is 52.3 Å². The second-order valence-electron chi connectivity index (χ2n) is 13.3. The van der Waals surface area contributed by atoms with Crippen molar-refractivity contribution in [2.45, 2.75) is 76.4 Å². The summed E-state index contributed by atoms with van der Waals surface area (Å²) < 4.78 is 16.4. The number of para-hydroxylation sites is 1. The zero-order chi connectivity index (χ0) is 32.9. The molecular formula is C37H50N4O6. The van der Waals surface area contributed by atoms with E-state index in [-0.39, 0.29) is 17.7 Å². The Morgan fingerprint density at radius 2 is 1.72 bits per heavy atom. The fraction of sp³-hybridized carbons (Fsp3) is 0.595. The number of amides is 3. The average molecular weight is 647 g/mol. The van der Waals surface area contributed by atoms with Crippen LogP contribution in [-0.2, 0) is 9.53 Å². The first-order valence-electron chi connectivity index (χ1n) is 17.5. The fourth-order valence-corrected chi connectivity index (χ4v) is 8.34. The molecule has 3 atom stereocenters. The Hall–Kier alpha value is -3.63. The summed E-state index contributed by atoms with van der Waals surface area (Å²) in [5, 5.41) is 0. The Morgan fingerprint density at radius 1 is 0.894 bits per heavy atom. The van der Waals surface area contributed by atoms with Gasteiger partial charge < -0.3 is 28.9 Å². The smallest absolute Gasteiger partial charge is 0.264 e. The summed E-state index contributed by atoms with van der Waals surface area (Å²) in [5.74, 6) is 1.32. The van der Waals surface area contributed by atoms with Crippen LogP contribution < -0.4 is 14.4 Å². The van der Waals surface area contributed by atoms with Gasteiger partial charge in [0.05, 0.1) is 31.0 Å². The predicted octanol–water partition coefficient (Wildman–Crippen LogP) is 5.51. The maximum absolute atomic E-state index is 13.9. The van der Waals surface area contributed by atoms with Gasteiger partial charge in [-0.3, -0.25) is 19.3 Å². The van der Waals surface area contributed by atoms with Crippen LogP contribution in [0.2, 0.25) is 0 Å². The molecule has 0 aliphatic carbocycles. The number of ether oxygens (including phenoxy) is 3. The third-order valence-corrected chi connectivity index (χ3v) is 10.6. The lowest BCUT2D eigenvalue weighted by atomic mass is 9.83. The lowest BCUT2D eigenvalue weighted by Gasteiger charge is -2.45. The number of anilines is 1. The van der Waals surface area contributed by atoms with Gasteiger partial charge in [-0.25, -0.2) is 0 Å². The van der Waals surface area contributed by atoms with E-state index in [0.717, 1.165) is 44.3 Å². The lowest BCUT2D eigenvalue weighted by Crippen LogP contribution is -2.51. The Kier molecular flexibility index (Phi) is 10.7. The molecule has 47 heavy (non-hydrogen) atoms. The molecule has 4 heterocycles. The molecule has 0 saturated carbocycles. The number of fused-ring (bicyclic) bond motifs is 6. The average Bonchev–Trinajstić information content (AvgIpc) is 3.40. The molecule has 2 fully saturated rings. The van der Waals surface area contributed by atoms with Crippen molar-refractivity contribution in [1.82, 2.24) is 14.7 Å². The van der Waals surface area contributed by atoms with Gasteiger partial charge in [-0.15, -0.1) is 0 Å². The van der Waals surface area contributed by atoms with Crippen LogP contribution in [0.3, 0.4) is 0 Å². The minimum absolute atomic E-state index is 0.0954. The van der Waals surface area contributed by atoms with Gasteiger partial charge in [-0.05, 0) is 82.2 Å². The van der Waals surface area contributed by atoms with Crippen LogP contribution in [0.1, 0.15) is 96.7 Å². The molecule has 3 amide bonds. The first kappa shape index (κ1) is 33.3. The molecule has 3 unspecified atom stereocenters. The third-order valence-electron chi connectivity index (χ3n) is 10.6. The number of rotatable bonds is 14. The van der Waals surface area contributed by atoms with Crippen molar-refractivity contribution in [2.75, 3.05) is 65.6 Å². The van der Waals surface area contributed by atoms with E-state index < -0.39 is 6.17 Å². The number of hydrogen-bond acceptors (Lipinski definition) is 7. The Bertz CT molecular complexity index is 1450. The minimum atomic E-state index is -0.563. The van der Waals surface area contributed by atoms with E-state index in [1.807, 2.05) is 24.3 Å². The number of piperidine rings is 2. The van der Waals surface area contributed by atoms with Gasteiger partial charge >= 0.3 is 0 Å². The largest absolute Gasteiger partial charge is 0.493 e.